The summed E-state index contributed by atoms with van der Waals surface area (Å²) in [6.45, 7) is -3.61. The molecule has 0 heterocycles. The first-order valence-electron chi connectivity index (χ1n) is 4.60. The zero-order valence-corrected chi connectivity index (χ0v) is 11.0. The van der Waals surface area contributed by atoms with Crippen LogP contribution in [0.5, 0.6) is 0 Å². The minimum absolute atomic E-state index is 0.428. The van der Waals surface area contributed by atoms with Crippen LogP contribution in [0.4, 0.5) is 0 Å². The van der Waals surface area contributed by atoms with Gasteiger partial charge in [0, 0.05) is 0 Å². The molecule has 10 heteroatoms. The molecule has 0 aromatic heterocycles. The first-order chi connectivity index (χ1) is 9.29. The average Bonchev–Trinajstić information content (AvgIpc) is 2.48. The van der Waals surface area contributed by atoms with E-state index < -0.39 is 6.92 Å². The molecular weight excluding hydrogens is 293 g/mol. The molecule has 0 aliphatic rings. The van der Waals surface area contributed by atoms with E-state index in [1.807, 2.05) is 0 Å². The van der Waals surface area contributed by atoms with Gasteiger partial charge in [0.15, 0.2) is 0 Å². The second-order valence-electron chi connectivity index (χ2n) is 2.74. The summed E-state index contributed by atoms with van der Waals surface area (Å²) in [5.41, 5.74) is 0. The maximum absolute atomic E-state index is 10.2. The van der Waals surface area contributed by atoms with Crippen LogP contribution < -0.4 is 5.30 Å². The third-order valence-corrected chi connectivity index (χ3v) is 6.00. The van der Waals surface area contributed by atoms with Crippen molar-refractivity contribution in [3.05, 3.63) is 30.3 Å². The average molecular weight is 299 g/mol. The molecule has 0 N–H and O–H groups in total. The summed E-state index contributed by atoms with van der Waals surface area (Å²) in [6, 6.07) is 8.21. The van der Waals surface area contributed by atoms with E-state index in [0.717, 1.165) is 12.2 Å². The van der Waals surface area contributed by atoms with Gasteiger partial charge in [0.1, 0.15) is 0 Å². The molecular formula is C9H6N3O5PS. The van der Waals surface area contributed by atoms with Crippen LogP contribution in [0.15, 0.2) is 45.0 Å². The van der Waals surface area contributed by atoms with Gasteiger partial charge in [-0.2, -0.15) is 0 Å². The van der Waals surface area contributed by atoms with E-state index in [9.17, 15) is 14.4 Å². The third-order valence-electron chi connectivity index (χ3n) is 1.74. The zero-order chi connectivity index (χ0) is 14.0. The van der Waals surface area contributed by atoms with Crippen molar-refractivity contribution in [1.82, 2.24) is 0 Å². The molecule has 8 nitrogen and oxygen atoms in total. The second-order valence-corrected chi connectivity index (χ2v) is 7.32. The van der Waals surface area contributed by atoms with Crippen molar-refractivity contribution < 1.29 is 23.6 Å². The van der Waals surface area contributed by atoms with E-state index in [0.29, 0.717) is 16.9 Å². The molecule has 0 bridgehead atoms. The molecule has 0 fully saturated rings. The van der Waals surface area contributed by atoms with Gasteiger partial charge < -0.3 is 0 Å². The fourth-order valence-electron chi connectivity index (χ4n) is 1.09. The standard InChI is InChI=1S/C9H6N3O5PS/c13-6-10-16-18(17-11-7-14,19-12-8-15)9-4-2-1-3-5-9/h1-5,18H. The predicted octanol–water partition coefficient (Wildman–Crippen LogP) is 1.33. The Morgan fingerprint density at radius 1 is 0.947 bits per heavy atom. The van der Waals surface area contributed by atoms with Gasteiger partial charge >= 0.3 is 111 Å². The zero-order valence-electron chi connectivity index (χ0n) is 9.18. The predicted molar refractivity (Wildman–Crippen MR) is 68.5 cm³/mol. The van der Waals surface area contributed by atoms with E-state index in [2.05, 4.69) is 14.7 Å². The molecule has 1 aromatic rings. The summed E-state index contributed by atoms with van der Waals surface area (Å²) in [6.07, 6.45) is 3.60. The molecule has 0 saturated carbocycles. The normalized spacial score (nSPS) is 10.1. The van der Waals surface area contributed by atoms with Crippen LogP contribution in [0.3, 0.4) is 0 Å². The molecule has 0 spiro atoms. The van der Waals surface area contributed by atoms with Gasteiger partial charge in [0.2, 0.25) is 0 Å². The van der Waals surface area contributed by atoms with Crippen LogP contribution in [0, 0.1) is 0 Å². The molecule has 19 heavy (non-hydrogen) atoms. The topological polar surface area (TPSA) is 107 Å². The Labute approximate surface area is 111 Å². The van der Waals surface area contributed by atoms with E-state index in [1.54, 1.807) is 30.3 Å². The molecule has 98 valence electrons. The molecule has 0 saturated heterocycles. The number of rotatable bonds is 7. The molecule has 0 radical (unpaired) electrons. The van der Waals surface area contributed by atoms with E-state index >= 15 is 0 Å². The second kappa shape index (κ2) is 7.95. The number of isocyanates is 3. The van der Waals surface area contributed by atoms with Crippen molar-refractivity contribution in [2.24, 2.45) is 14.7 Å². The van der Waals surface area contributed by atoms with Crippen molar-refractivity contribution >= 4 is 42.0 Å². The van der Waals surface area contributed by atoms with E-state index in [4.69, 9.17) is 9.25 Å². The number of carbonyl (C=O) groups excluding carboxylic acids is 3. The Balaban J connectivity index is 3.26. The van der Waals surface area contributed by atoms with Crippen LogP contribution in [0.1, 0.15) is 0 Å². The van der Waals surface area contributed by atoms with Crippen molar-refractivity contribution in [1.29, 1.82) is 0 Å². The van der Waals surface area contributed by atoms with Crippen molar-refractivity contribution in [3.8, 4) is 0 Å². The van der Waals surface area contributed by atoms with E-state index in [1.165, 1.54) is 6.08 Å². The third kappa shape index (κ3) is 4.16. The molecule has 0 amide bonds. The quantitative estimate of drug-likeness (QED) is 0.247. The number of nitrogens with zero attached hydrogens (tertiary/aromatic N) is 3. The summed E-state index contributed by atoms with van der Waals surface area (Å²) >= 11 is 0.553. The first-order valence-corrected chi connectivity index (χ1v) is 7.92. The van der Waals surface area contributed by atoms with Gasteiger partial charge in [-0.25, -0.2) is 0 Å². The van der Waals surface area contributed by atoms with Gasteiger partial charge in [0.25, 0.3) is 0 Å². The summed E-state index contributed by atoms with van der Waals surface area (Å²) < 4.78 is 13.1. The van der Waals surface area contributed by atoms with Crippen molar-refractivity contribution in [2.45, 2.75) is 0 Å². The fraction of sp³-hybridized carbons (Fsp3) is 0. The van der Waals surface area contributed by atoms with Gasteiger partial charge in [-0.05, 0) is 0 Å². The van der Waals surface area contributed by atoms with Crippen LogP contribution in [-0.4, -0.2) is 18.2 Å². The Morgan fingerprint density at radius 2 is 1.53 bits per heavy atom. The Hall–Kier alpha value is -2.26. The van der Waals surface area contributed by atoms with Crippen LogP contribution in [-0.2, 0) is 23.6 Å². The van der Waals surface area contributed by atoms with Gasteiger partial charge in [-0.1, -0.05) is 0 Å². The van der Waals surface area contributed by atoms with Crippen molar-refractivity contribution in [3.63, 3.8) is 0 Å². The van der Waals surface area contributed by atoms with E-state index in [-0.39, 0.29) is 0 Å². The number of hydrogen-bond donors (Lipinski definition) is 0. The number of benzene rings is 1. The van der Waals surface area contributed by atoms with Gasteiger partial charge in [-0.15, -0.1) is 0 Å². The van der Waals surface area contributed by atoms with Crippen LogP contribution in [0.25, 0.3) is 0 Å². The first kappa shape index (κ1) is 14.8. The Morgan fingerprint density at radius 3 is 2.00 bits per heavy atom. The SMILES string of the molecule is O=C=NO[PH](ON=C=O)(SN=C=O)c1ccccc1. The maximum atomic E-state index is 10.2. The monoisotopic (exact) mass is 299 g/mol. The van der Waals surface area contributed by atoms with Gasteiger partial charge in [-0.3, -0.25) is 0 Å². The minimum atomic E-state index is -3.61. The molecule has 0 aliphatic carbocycles. The Kier molecular flexibility index (Phi) is 6.19. The molecule has 1 rings (SSSR count). The van der Waals surface area contributed by atoms with Crippen LogP contribution >= 0.6 is 18.5 Å². The number of hydrogen-bond acceptors (Lipinski definition) is 9. The van der Waals surface area contributed by atoms with Crippen molar-refractivity contribution in [2.75, 3.05) is 0 Å². The molecule has 0 unspecified atom stereocenters. The summed E-state index contributed by atoms with van der Waals surface area (Å²) in [5, 5.41) is 6.34. The fourth-order valence-corrected chi connectivity index (χ4v) is 4.20. The summed E-state index contributed by atoms with van der Waals surface area (Å²) in [5.74, 6) is 0. The molecule has 1 aromatic carbocycles. The molecule has 0 atom stereocenters. The Bertz CT molecular complexity index is 514. The summed E-state index contributed by atoms with van der Waals surface area (Å²) in [7, 11) is 0. The van der Waals surface area contributed by atoms with Gasteiger partial charge in [0.05, 0.1) is 0 Å². The van der Waals surface area contributed by atoms with Crippen LogP contribution in [0.2, 0.25) is 0 Å². The molecule has 0 aliphatic heterocycles. The summed E-state index contributed by atoms with van der Waals surface area (Å²) in [4.78, 5) is 30.5.